The molecule has 1 aromatic carbocycles. The Balaban J connectivity index is 1.95. The van der Waals surface area contributed by atoms with Crippen LogP contribution in [0, 0.1) is 0 Å². The van der Waals surface area contributed by atoms with Gasteiger partial charge in [-0.2, -0.15) is 4.31 Å². The van der Waals surface area contributed by atoms with E-state index in [1.807, 2.05) is 0 Å². The van der Waals surface area contributed by atoms with Crippen LogP contribution < -0.4 is 0 Å². The third-order valence-corrected chi connectivity index (χ3v) is 4.38. The van der Waals surface area contributed by atoms with E-state index < -0.39 is 12.0 Å². The van der Waals surface area contributed by atoms with Crippen molar-refractivity contribution in [3.63, 3.8) is 0 Å². The highest BCUT2D eigenvalue weighted by molar-refractivity contribution is 7.79. The minimum atomic E-state index is -0.872. The second-order valence-electron chi connectivity index (χ2n) is 3.90. The van der Waals surface area contributed by atoms with Crippen LogP contribution >= 0.6 is 47.4 Å². The first-order valence-electron chi connectivity index (χ1n) is 5.66. The first-order valence-corrected chi connectivity index (χ1v) is 7.70. The zero-order valence-corrected chi connectivity index (χ0v) is 13.7. The highest BCUT2D eigenvalue weighted by Gasteiger charge is 2.24. The van der Waals surface area contributed by atoms with Crippen molar-refractivity contribution < 1.29 is 14.3 Å². The number of carbonyl (C=O) groups excluding carboxylic acids is 2. The van der Waals surface area contributed by atoms with Crippen LogP contribution in [0.2, 0.25) is 10.0 Å². The molecule has 2 aromatic rings. The molecule has 0 N–H and O–H groups in total. The fraction of sp³-hybridized carbons (Fsp3) is 0.0769. The van der Waals surface area contributed by atoms with Crippen LogP contribution in [0.25, 0.3) is 0 Å². The monoisotopic (exact) mass is 361 g/mol. The largest absolute Gasteiger partial charge is 0.444 e. The average Bonchev–Trinajstić information content (AvgIpc) is 2.91. The van der Waals surface area contributed by atoms with E-state index >= 15 is 0 Å². The molecule has 0 radical (unpaired) electrons. The summed E-state index contributed by atoms with van der Waals surface area (Å²) in [6.07, 6.45) is -0.872. The maximum Gasteiger partial charge on any atom is 0.427 e. The molecule has 8 heteroatoms. The first-order chi connectivity index (χ1) is 9.99. The van der Waals surface area contributed by atoms with E-state index in [-0.39, 0.29) is 16.5 Å². The molecule has 0 bridgehead atoms. The lowest BCUT2D eigenvalue weighted by molar-refractivity contribution is 0.0803. The fourth-order valence-electron chi connectivity index (χ4n) is 1.41. The van der Waals surface area contributed by atoms with E-state index in [0.717, 1.165) is 16.9 Å². The Morgan fingerprint density at radius 1 is 1.19 bits per heavy atom. The fourth-order valence-corrected chi connectivity index (χ4v) is 2.83. The van der Waals surface area contributed by atoms with Crippen LogP contribution in [-0.2, 0) is 11.3 Å². The standard InChI is InChI=1S/C13H9Cl2NO3S2/c14-9-3-1-8(2-4-9)7-19-13(18)16(20)12(17)11-10(15)5-6-21-11/h1-6,20H,7H2. The Morgan fingerprint density at radius 3 is 2.43 bits per heavy atom. The smallest absolute Gasteiger partial charge is 0.427 e. The summed E-state index contributed by atoms with van der Waals surface area (Å²) >= 11 is 16.6. The topological polar surface area (TPSA) is 46.6 Å². The molecule has 0 aliphatic rings. The van der Waals surface area contributed by atoms with Crippen molar-refractivity contribution >= 4 is 59.4 Å². The highest BCUT2D eigenvalue weighted by Crippen LogP contribution is 2.24. The summed E-state index contributed by atoms with van der Waals surface area (Å²) in [5, 5.41) is 2.51. The molecule has 0 atom stereocenters. The summed E-state index contributed by atoms with van der Waals surface area (Å²) < 4.78 is 5.59. The average molecular weight is 362 g/mol. The second-order valence-corrected chi connectivity index (χ2v) is 6.06. The number of ether oxygens (including phenoxy) is 1. The molecular formula is C13H9Cl2NO3S2. The summed E-state index contributed by atoms with van der Waals surface area (Å²) in [5.41, 5.74) is 0.746. The normalized spacial score (nSPS) is 10.2. The zero-order valence-electron chi connectivity index (χ0n) is 10.5. The molecule has 21 heavy (non-hydrogen) atoms. The van der Waals surface area contributed by atoms with Gasteiger partial charge in [0.25, 0.3) is 5.91 Å². The van der Waals surface area contributed by atoms with Crippen LogP contribution in [0.5, 0.6) is 0 Å². The van der Waals surface area contributed by atoms with Crippen molar-refractivity contribution in [3.05, 3.63) is 56.2 Å². The van der Waals surface area contributed by atoms with E-state index in [2.05, 4.69) is 12.8 Å². The number of thiol groups is 1. The van der Waals surface area contributed by atoms with Crippen molar-refractivity contribution in [1.29, 1.82) is 0 Å². The van der Waals surface area contributed by atoms with Crippen LogP contribution in [0.4, 0.5) is 4.79 Å². The van der Waals surface area contributed by atoms with Crippen LogP contribution in [-0.4, -0.2) is 16.3 Å². The number of benzene rings is 1. The van der Waals surface area contributed by atoms with Crippen molar-refractivity contribution in [2.75, 3.05) is 0 Å². The minimum absolute atomic E-state index is 0.0124. The highest BCUT2D eigenvalue weighted by atomic mass is 35.5. The van der Waals surface area contributed by atoms with Crippen LogP contribution in [0.1, 0.15) is 15.2 Å². The van der Waals surface area contributed by atoms with Crippen LogP contribution in [0.3, 0.4) is 0 Å². The molecular weight excluding hydrogens is 353 g/mol. The zero-order chi connectivity index (χ0) is 15.4. The van der Waals surface area contributed by atoms with Gasteiger partial charge < -0.3 is 4.74 Å². The van der Waals surface area contributed by atoms with Gasteiger partial charge in [0.05, 0.1) is 5.02 Å². The number of halogens is 2. The number of amides is 2. The lowest BCUT2D eigenvalue weighted by Gasteiger charge is -2.13. The minimum Gasteiger partial charge on any atom is -0.444 e. The van der Waals surface area contributed by atoms with Gasteiger partial charge in [-0.3, -0.25) is 4.79 Å². The van der Waals surface area contributed by atoms with Crippen molar-refractivity contribution in [2.24, 2.45) is 0 Å². The number of hydrogen-bond acceptors (Lipinski definition) is 5. The van der Waals surface area contributed by atoms with E-state index in [9.17, 15) is 9.59 Å². The predicted octanol–water partition coefficient (Wildman–Crippen LogP) is 4.68. The third kappa shape index (κ3) is 4.14. The number of nitrogens with zero attached hydrogens (tertiary/aromatic N) is 1. The molecule has 0 saturated carbocycles. The Labute approximate surface area is 140 Å². The van der Waals surface area contributed by atoms with Gasteiger partial charge in [-0.25, -0.2) is 4.79 Å². The molecule has 1 aromatic heterocycles. The van der Waals surface area contributed by atoms with Gasteiger partial charge in [0.15, 0.2) is 0 Å². The second kappa shape index (κ2) is 7.17. The Morgan fingerprint density at radius 2 is 1.86 bits per heavy atom. The maximum absolute atomic E-state index is 12.0. The number of rotatable bonds is 3. The van der Waals surface area contributed by atoms with Crippen molar-refractivity contribution in [2.45, 2.75) is 6.61 Å². The maximum atomic E-state index is 12.0. The molecule has 4 nitrogen and oxygen atoms in total. The van der Waals surface area contributed by atoms with Gasteiger partial charge in [0.2, 0.25) is 0 Å². The molecule has 2 rings (SSSR count). The quantitative estimate of drug-likeness (QED) is 0.807. The van der Waals surface area contributed by atoms with Crippen molar-refractivity contribution in [1.82, 2.24) is 4.31 Å². The lowest BCUT2D eigenvalue weighted by Crippen LogP contribution is -2.28. The predicted molar refractivity (Wildman–Crippen MR) is 86.1 cm³/mol. The molecule has 0 aliphatic carbocycles. The van der Waals surface area contributed by atoms with Gasteiger partial charge >= 0.3 is 6.09 Å². The number of carbonyl (C=O) groups is 2. The van der Waals surface area contributed by atoms with E-state index in [0.29, 0.717) is 9.33 Å². The number of thiophene rings is 1. The van der Waals surface area contributed by atoms with Gasteiger partial charge in [-0.05, 0) is 29.1 Å². The number of imide groups is 1. The molecule has 0 unspecified atom stereocenters. The SMILES string of the molecule is O=C(OCc1ccc(Cl)cc1)N(S)C(=O)c1sccc1Cl. The molecule has 0 aliphatic heterocycles. The molecule has 0 fully saturated rings. The third-order valence-electron chi connectivity index (χ3n) is 2.45. The van der Waals surface area contributed by atoms with Gasteiger partial charge in [0.1, 0.15) is 11.5 Å². The van der Waals surface area contributed by atoms with E-state index in [4.69, 9.17) is 27.9 Å². The van der Waals surface area contributed by atoms with E-state index in [1.54, 1.807) is 35.7 Å². The molecule has 110 valence electrons. The summed E-state index contributed by atoms with van der Waals surface area (Å²) in [4.78, 5) is 24.0. The summed E-state index contributed by atoms with van der Waals surface area (Å²) in [7, 11) is 0. The molecule has 0 spiro atoms. The summed E-state index contributed by atoms with van der Waals surface area (Å²) in [6, 6.07) is 8.37. The number of hydrogen-bond donors (Lipinski definition) is 1. The van der Waals surface area contributed by atoms with Gasteiger partial charge in [-0.1, -0.05) is 48.1 Å². The molecule has 1 heterocycles. The summed E-state index contributed by atoms with van der Waals surface area (Å²) in [5.74, 6) is -0.626. The molecule has 2 amide bonds. The van der Waals surface area contributed by atoms with Crippen LogP contribution in [0.15, 0.2) is 35.7 Å². The Hall–Kier alpha value is -1.21. The first kappa shape index (κ1) is 16.2. The summed E-state index contributed by atoms with van der Waals surface area (Å²) in [6.45, 7) is 0.0124. The lowest BCUT2D eigenvalue weighted by atomic mass is 10.2. The van der Waals surface area contributed by atoms with Gasteiger partial charge in [0, 0.05) is 5.02 Å². The van der Waals surface area contributed by atoms with E-state index in [1.165, 1.54) is 0 Å². The van der Waals surface area contributed by atoms with Crippen molar-refractivity contribution in [3.8, 4) is 0 Å². The molecule has 0 saturated heterocycles. The van der Waals surface area contributed by atoms with Gasteiger partial charge in [-0.15, -0.1) is 11.3 Å². The Kier molecular flexibility index (Phi) is 5.52. The Bertz CT molecular complexity index is 658.